The van der Waals surface area contributed by atoms with Gasteiger partial charge in [-0.2, -0.15) is 23.3 Å². The van der Waals surface area contributed by atoms with Crippen LogP contribution in [0.3, 0.4) is 0 Å². The van der Waals surface area contributed by atoms with E-state index >= 15 is 0 Å². The molecule has 0 aromatic carbocycles. The molecule has 0 bridgehead atoms. The van der Waals surface area contributed by atoms with Gasteiger partial charge in [-0.25, -0.2) is 9.97 Å². The number of nitrogens with one attached hydrogen (secondary N) is 2. The lowest BCUT2D eigenvalue weighted by atomic mass is 10.1. The van der Waals surface area contributed by atoms with E-state index in [4.69, 9.17) is 9.47 Å². The van der Waals surface area contributed by atoms with Gasteiger partial charge in [0.2, 0.25) is 17.7 Å². The number of anilines is 3. The summed E-state index contributed by atoms with van der Waals surface area (Å²) in [6, 6.07) is 1.69. The summed E-state index contributed by atoms with van der Waals surface area (Å²) in [5.41, 5.74) is 1.38. The first-order valence-corrected chi connectivity index (χ1v) is 11.3. The van der Waals surface area contributed by atoms with Crippen molar-refractivity contribution in [1.29, 1.82) is 0 Å². The molecule has 1 unspecified atom stereocenters. The maximum Gasteiger partial charge on any atom is 0.433 e. The molecule has 3 aromatic rings. The molecule has 0 saturated carbocycles. The Hall–Kier alpha value is -3.94. The molecule has 2 atom stereocenters. The number of likely N-dealkylation sites (N-methyl/N-ethyl adjacent to an activating group) is 1. The smallest absolute Gasteiger partial charge is 0.433 e. The lowest BCUT2D eigenvalue weighted by Crippen LogP contribution is -2.53. The molecule has 0 saturated heterocycles. The van der Waals surface area contributed by atoms with Gasteiger partial charge in [-0.05, 0) is 26.0 Å². The van der Waals surface area contributed by atoms with E-state index < -0.39 is 17.9 Å². The maximum absolute atomic E-state index is 12.9. The molecule has 4 rings (SSSR count). The molecule has 11 nitrogen and oxygen atoms in total. The first-order valence-electron chi connectivity index (χ1n) is 11.3. The van der Waals surface area contributed by atoms with Gasteiger partial charge >= 0.3 is 6.18 Å². The molecule has 1 aliphatic rings. The van der Waals surface area contributed by atoms with Gasteiger partial charge in [-0.3, -0.25) is 9.48 Å². The van der Waals surface area contributed by atoms with Gasteiger partial charge in [0.1, 0.15) is 17.4 Å². The van der Waals surface area contributed by atoms with E-state index in [0.29, 0.717) is 35.3 Å². The second-order valence-electron chi connectivity index (χ2n) is 8.58. The molecule has 1 amide bonds. The minimum atomic E-state index is -4.56. The monoisotopic (exact) mass is 520 g/mol. The lowest BCUT2D eigenvalue weighted by Gasteiger charge is -2.37. The van der Waals surface area contributed by atoms with E-state index in [1.165, 1.54) is 13.2 Å². The highest BCUT2D eigenvalue weighted by atomic mass is 19.4. The topological polar surface area (TPSA) is 119 Å². The molecular weight excluding hydrogens is 493 g/mol. The fourth-order valence-electron chi connectivity index (χ4n) is 4.06. The highest BCUT2D eigenvalue weighted by molar-refractivity contribution is 6.03. The number of aromatic nitrogens is 5. The fraction of sp³-hybridized carbons (Fsp3) is 0.435. The molecule has 0 fully saturated rings. The Bertz CT molecular complexity index is 1300. The summed E-state index contributed by atoms with van der Waals surface area (Å²) >= 11 is 0. The third-order valence-electron chi connectivity index (χ3n) is 6.05. The van der Waals surface area contributed by atoms with Crippen LogP contribution >= 0.6 is 0 Å². The average molecular weight is 521 g/mol. The summed E-state index contributed by atoms with van der Waals surface area (Å²) in [5, 5.41) is 10.3. The van der Waals surface area contributed by atoms with Crippen LogP contribution in [0.2, 0.25) is 0 Å². The van der Waals surface area contributed by atoms with Crippen molar-refractivity contribution in [2.45, 2.75) is 45.3 Å². The fourth-order valence-corrected chi connectivity index (χ4v) is 4.06. The normalized spacial score (nSPS) is 16.3. The molecule has 0 aliphatic carbocycles. The Balaban J connectivity index is 1.47. The molecular formula is C23H27F3N8O3. The van der Waals surface area contributed by atoms with E-state index in [1.54, 1.807) is 43.1 Å². The molecule has 0 radical (unpaired) electrons. The molecule has 2 N–H and O–H groups in total. The number of nitrogens with zero attached hydrogens (tertiary/aromatic N) is 6. The van der Waals surface area contributed by atoms with Crippen LogP contribution in [0.1, 0.15) is 29.4 Å². The van der Waals surface area contributed by atoms with Crippen molar-refractivity contribution >= 4 is 23.4 Å². The van der Waals surface area contributed by atoms with Crippen molar-refractivity contribution in [3.05, 3.63) is 47.0 Å². The first-order chi connectivity index (χ1) is 17.5. The minimum absolute atomic E-state index is 0.111. The van der Waals surface area contributed by atoms with Crippen LogP contribution < -0.4 is 20.3 Å². The summed E-state index contributed by atoms with van der Waals surface area (Å²) in [6.45, 7) is 4.11. The number of hydrogen-bond acceptors (Lipinski definition) is 9. The number of carbonyl (C=O) groups excluding carboxylic acids is 1. The second kappa shape index (κ2) is 10.2. The zero-order valence-corrected chi connectivity index (χ0v) is 20.9. The van der Waals surface area contributed by atoms with Gasteiger partial charge in [0.15, 0.2) is 5.82 Å². The van der Waals surface area contributed by atoms with Gasteiger partial charge in [0.05, 0.1) is 31.6 Å². The van der Waals surface area contributed by atoms with Crippen molar-refractivity contribution in [2.24, 2.45) is 0 Å². The van der Waals surface area contributed by atoms with Gasteiger partial charge in [-0.15, -0.1) is 0 Å². The zero-order chi connectivity index (χ0) is 26.9. The van der Waals surface area contributed by atoms with E-state index in [1.807, 2.05) is 6.92 Å². The Kier molecular flexibility index (Phi) is 7.21. The van der Waals surface area contributed by atoms with Gasteiger partial charge in [0, 0.05) is 38.0 Å². The van der Waals surface area contributed by atoms with Crippen molar-refractivity contribution in [3.8, 4) is 5.88 Å². The van der Waals surface area contributed by atoms with Crippen LogP contribution in [0.4, 0.5) is 30.6 Å². The third kappa shape index (κ3) is 5.43. The molecule has 4 heterocycles. The molecule has 1 aliphatic heterocycles. The van der Waals surface area contributed by atoms with Gasteiger partial charge in [0.25, 0.3) is 0 Å². The van der Waals surface area contributed by atoms with Crippen molar-refractivity contribution in [1.82, 2.24) is 24.7 Å². The Morgan fingerprint density at radius 1 is 1.22 bits per heavy atom. The number of ether oxygens (including phenoxy) is 2. The molecule has 37 heavy (non-hydrogen) atoms. The molecule has 14 heteroatoms. The van der Waals surface area contributed by atoms with Crippen LogP contribution in [0.5, 0.6) is 5.88 Å². The van der Waals surface area contributed by atoms with Crippen LogP contribution in [0, 0.1) is 6.92 Å². The van der Waals surface area contributed by atoms with Crippen LogP contribution in [0.25, 0.3) is 0 Å². The Labute approximate surface area is 211 Å². The quantitative estimate of drug-likeness (QED) is 0.462. The highest BCUT2D eigenvalue weighted by Crippen LogP contribution is 2.34. The molecule has 0 spiro atoms. The van der Waals surface area contributed by atoms with E-state index in [2.05, 4.69) is 30.7 Å². The summed E-state index contributed by atoms with van der Waals surface area (Å²) < 4.78 is 50.8. The van der Waals surface area contributed by atoms with Crippen LogP contribution in [0.15, 0.2) is 24.5 Å². The number of carbonyl (C=O) groups is 1. The SMILES string of the molecule is COc1nc(C(F)(F)F)ccc1Cn1cc(CNc2nc(C)c3c(n2)N(C)C([C@@H](C)OC)C(=O)N3)cn1. The number of rotatable bonds is 8. The number of alkyl halides is 3. The zero-order valence-electron chi connectivity index (χ0n) is 20.9. The van der Waals surface area contributed by atoms with E-state index in [9.17, 15) is 18.0 Å². The number of halogens is 3. The second-order valence-corrected chi connectivity index (χ2v) is 8.58. The average Bonchev–Trinajstić information content (AvgIpc) is 3.30. The van der Waals surface area contributed by atoms with Gasteiger partial charge < -0.3 is 25.0 Å². The first kappa shape index (κ1) is 26.1. The largest absolute Gasteiger partial charge is 0.481 e. The lowest BCUT2D eigenvalue weighted by molar-refractivity contribution is -0.141. The number of methoxy groups -OCH3 is 2. The Morgan fingerprint density at radius 2 is 1.97 bits per heavy atom. The number of pyridine rings is 1. The minimum Gasteiger partial charge on any atom is -0.481 e. The maximum atomic E-state index is 12.9. The third-order valence-corrected chi connectivity index (χ3v) is 6.05. The predicted molar refractivity (Wildman–Crippen MR) is 129 cm³/mol. The number of hydrogen-bond donors (Lipinski definition) is 2. The summed E-state index contributed by atoms with van der Waals surface area (Å²) in [6.07, 6.45) is -1.53. The molecule has 3 aromatic heterocycles. The van der Waals surface area contributed by atoms with Crippen LogP contribution in [-0.4, -0.2) is 64.1 Å². The summed E-state index contributed by atoms with van der Waals surface area (Å²) in [4.78, 5) is 26.9. The van der Waals surface area contributed by atoms with Crippen molar-refractivity contribution < 1.29 is 27.4 Å². The van der Waals surface area contributed by atoms with Crippen molar-refractivity contribution in [2.75, 3.05) is 36.8 Å². The molecule has 198 valence electrons. The van der Waals surface area contributed by atoms with Crippen molar-refractivity contribution in [3.63, 3.8) is 0 Å². The van der Waals surface area contributed by atoms with E-state index in [-0.39, 0.29) is 24.4 Å². The highest BCUT2D eigenvalue weighted by Gasteiger charge is 2.37. The number of fused-ring (bicyclic) bond motifs is 1. The summed E-state index contributed by atoms with van der Waals surface area (Å²) in [5.74, 6) is 0.634. The predicted octanol–water partition coefficient (Wildman–Crippen LogP) is 2.86. The number of amides is 1. The number of aryl methyl sites for hydroxylation is 1. The van der Waals surface area contributed by atoms with E-state index in [0.717, 1.165) is 11.6 Å². The van der Waals surface area contributed by atoms with Crippen LogP contribution in [-0.2, 0) is 28.8 Å². The van der Waals surface area contributed by atoms with Gasteiger partial charge in [-0.1, -0.05) is 0 Å². The summed E-state index contributed by atoms with van der Waals surface area (Å²) in [7, 11) is 4.60. The standard InChI is InChI=1S/C23H27F3N8O3/c1-12-17-19(33(3)18(13(2)36-4)20(35)31-17)32-22(29-12)27-8-14-9-28-34(10-14)11-15-6-7-16(23(24,25)26)30-21(15)37-5/h6-7,9-10,13,18H,8,11H2,1-5H3,(H,31,35)(H,27,29,32)/t13-,18?/m1/s1. The Morgan fingerprint density at radius 3 is 2.65 bits per heavy atom.